The fourth-order valence-corrected chi connectivity index (χ4v) is 4.94. The lowest BCUT2D eigenvalue weighted by Gasteiger charge is -2.36. The first-order valence-corrected chi connectivity index (χ1v) is 12.4. The van der Waals surface area contributed by atoms with Crippen molar-refractivity contribution in [1.29, 1.82) is 0 Å². The van der Waals surface area contributed by atoms with E-state index in [1.807, 2.05) is 45.3 Å². The van der Waals surface area contributed by atoms with Gasteiger partial charge in [0.05, 0.1) is 5.35 Å². The van der Waals surface area contributed by atoms with Crippen LogP contribution in [0.25, 0.3) is 34.2 Å². The molecule has 6 rings (SSSR count). The van der Waals surface area contributed by atoms with Crippen LogP contribution in [0.3, 0.4) is 0 Å². The Morgan fingerprint density at radius 2 is 1.91 bits per heavy atom. The summed E-state index contributed by atoms with van der Waals surface area (Å²) in [6.45, 7) is 9.13. The second-order valence-corrected chi connectivity index (χ2v) is 10.5. The Kier molecular flexibility index (Phi) is 5.16. The van der Waals surface area contributed by atoms with Crippen LogP contribution in [0.4, 0.5) is 10.6 Å². The SMILES string of the molecule is CC(C)(C)OC(=O)N1CCN(c2nc(-c3ccnc4[nH]ccc34)nc3c2=C(C2CC2)CNC=3)CC1. The van der Waals surface area contributed by atoms with Crippen LogP contribution in [0.1, 0.15) is 33.6 Å². The Hall–Kier alpha value is -3.62. The van der Waals surface area contributed by atoms with E-state index in [4.69, 9.17) is 14.7 Å². The summed E-state index contributed by atoms with van der Waals surface area (Å²) in [6.07, 6.45) is 7.89. The molecule has 9 nitrogen and oxygen atoms in total. The first-order valence-electron chi connectivity index (χ1n) is 12.4. The van der Waals surface area contributed by atoms with Crippen LogP contribution in [-0.2, 0) is 4.74 Å². The lowest BCUT2D eigenvalue weighted by molar-refractivity contribution is 0.0240. The van der Waals surface area contributed by atoms with Crippen LogP contribution in [-0.4, -0.2) is 69.3 Å². The van der Waals surface area contributed by atoms with Crippen molar-refractivity contribution in [3.8, 4) is 11.4 Å². The lowest BCUT2D eigenvalue weighted by atomic mass is 10.1. The molecule has 1 aliphatic carbocycles. The minimum Gasteiger partial charge on any atom is -0.444 e. The number of hydrogen-bond acceptors (Lipinski definition) is 7. The van der Waals surface area contributed by atoms with E-state index >= 15 is 0 Å². The van der Waals surface area contributed by atoms with Gasteiger partial charge in [0.2, 0.25) is 0 Å². The highest BCUT2D eigenvalue weighted by Crippen LogP contribution is 2.37. The maximum atomic E-state index is 12.6. The third kappa shape index (κ3) is 4.19. The van der Waals surface area contributed by atoms with Gasteiger partial charge in [-0.05, 0) is 57.2 Å². The fraction of sp³-hybridized carbons (Fsp3) is 0.462. The van der Waals surface area contributed by atoms with E-state index in [-0.39, 0.29) is 6.09 Å². The highest BCUT2D eigenvalue weighted by molar-refractivity contribution is 5.91. The van der Waals surface area contributed by atoms with Crippen LogP contribution in [0.15, 0.2) is 24.5 Å². The van der Waals surface area contributed by atoms with Crippen molar-refractivity contribution in [2.75, 3.05) is 37.6 Å². The maximum absolute atomic E-state index is 12.6. The molecule has 1 saturated heterocycles. The summed E-state index contributed by atoms with van der Waals surface area (Å²) in [5.74, 6) is 2.26. The quantitative estimate of drug-likeness (QED) is 0.600. The molecule has 0 aromatic carbocycles. The first-order chi connectivity index (χ1) is 16.9. The van der Waals surface area contributed by atoms with E-state index in [9.17, 15) is 4.79 Å². The first kappa shape index (κ1) is 21.9. The molecule has 3 aliphatic rings. The molecule has 2 fully saturated rings. The largest absolute Gasteiger partial charge is 0.444 e. The van der Waals surface area contributed by atoms with Gasteiger partial charge in [-0.25, -0.2) is 19.7 Å². The predicted molar refractivity (Wildman–Crippen MR) is 135 cm³/mol. The number of ether oxygens (including phenoxy) is 1. The molecule has 0 unspecified atom stereocenters. The molecule has 0 bridgehead atoms. The van der Waals surface area contributed by atoms with E-state index in [1.165, 1.54) is 23.6 Å². The number of hydrogen-bond donors (Lipinski definition) is 2. The molecule has 1 amide bonds. The Labute approximate surface area is 203 Å². The molecule has 9 heteroatoms. The number of pyridine rings is 1. The highest BCUT2D eigenvalue weighted by atomic mass is 16.6. The molecule has 0 atom stereocenters. The predicted octanol–water partition coefficient (Wildman–Crippen LogP) is 1.98. The van der Waals surface area contributed by atoms with E-state index in [1.54, 1.807) is 11.1 Å². The van der Waals surface area contributed by atoms with E-state index < -0.39 is 5.60 Å². The van der Waals surface area contributed by atoms with Crippen molar-refractivity contribution >= 4 is 34.7 Å². The van der Waals surface area contributed by atoms with Crippen LogP contribution in [0.5, 0.6) is 0 Å². The third-order valence-corrected chi connectivity index (χ3v) is 6.77. The monoisotopic (exact) mass is 473 g/mol. The van der Waals surface area contributed by atoms with Gasteiger partial charge in [-0.2, -0.15) is 0 Å². The summed E-state index contributed by atoms with van der Waals surface area (Å²) in [5.41, 5.74) is 2.68. The van der Waals surface area contributed by atoms with Gasteiger partial charge in [0.15, 0.2) is 5.82 Å². The number of rotatable bonds is 3. The standard InChI is InChI=1S/C26H31N7O2/c1-26(2,3)35-25(34)33-12-10-32(11-13-33)24-21-19(16-4-5-16)14-27-15-20(21)30-23(31-24)18-7-9-29-22-17(18)6-8-28-22/h6-9,15-16,27H,4-5,10-14H2,1-3H3,(H,28,29). The van der Waals surface area contributed by atoms with Crippen molar-refractivity contribution < 1.29 is 9.53 Å². The number of carbonyl (C=O) groups excluding carboxylic acids is 1. The summed E-state index contributed by atoms with van der Waals surface area (Å²) in [7, 11) is 0. The number of fused-ring (bicyclic) bond motifs is 2. The second-order valence-electron chi connectivity index (χ2n) is 10.5. The molecule has 182 valence electrons. The second kappa shape index (κ2) is 8.25. The summed E-state index contributed by atoms with van der Waals surface area (Å²) in [4.78, 5) is 34.5. The maximum Gasteiger partial charge on any atom is 0.410 e. The number of carbonyl (C=O) groups is 1. The van der Waals surface area contributed by atoms with Crippen LogP contribution in [0, 0.1) is 5.92 Å². The number of nitrogens with one attached hydrogen (secondary N) is 2. The van der Waals surface area contributed by atoms with Gasteiger partial charge >= 0.3 is 6.09 Å². The summed E-state index contributed by atoms with van der Waals surface area (Å²) in [6, 6.07) is 3.99. The zero-order valence-electron chi connectivity index (χ0n) is 20.5. The van der Waals surface area contributed by atoms with E-state index in [2.05, 4.69) is 20.2 Å². The van der Waals surface area contributed by atoms with Crippen molar-refractivity contribution in [2.45, 2.75) is 39.2 Å². The molecule has 5 heterocycles. The Bertz CT molecular complexity index is 1410. The topological polar surface area (TPSA) is 99.3 Å². The van der Waals surface area contributed by atoms with Gasteiger partial charge in [0.1, 0.15) is 17.1 Å². The zero-order valence-corrected chi connectivity index (χ0v) is 20.5. The number of H-pyrrole nitrogens is 1. The van der Waals surface area contributed by atoms with E-state index in [0.717, 1.165) is 34.3 Å². The molecule has 0 spiro atoms. The fourth-order valence-electron chi connectivity index (χ4n) is 4.94. The summed E-state index contributed by atoms with van der Waals surface area (Å²) >= 11 is 0. The van der Waals surface area contributed by atoms with Gasteiger partial charge in [-0.3, -0.25) is 0 Å². The molecule has 1 saturated carbocycles. The lowest BCUT2D eigenvalue weighted by Crippen LogP contribution is -2.53. The Morgan fingerprint density at radius 3 is 2.66 bits per heavy atom. The van der Waals surface area contributed by atoms with Crippen LogP contribution >= 0.6 is 0 Å². The minimum atomic E-state index is -0.500. The average Bonchev–Trinajstić information content (AvgIpc) is 3.57. The van der Waals surface area contributed by atoms with Crippen molar-refractivity contribution in [1.82, 2.24) is 30.2 Å². The molecule has 3 aromatic rings. The van der Waals surface area contributed by atoms with Crippen LogP contribution in [0.2, 0.25) is 0 Å². The Balaban J connectivity index is 1.41. The van der Waals surface area contributed by atoms with Crippen molar-refractivity contribution in [2.24, 2.45) is 5.92 Å². The number of nitrogens with zero attached hydrogens (tertiary/aromatic N) is 5. The number of aromatic nitrogens is 4. The highest BCUT2D eigenvalue weighted by Gasteiger charge is 2.31. The van der Waals surface area contributed by atoms with Crippen molar-refractivity contribution in [3.05, 3.63) is 35.1 Å². The average molecular weight is 474 g/mol. The normalized spacial score (nSPS) is 18.2. The molecule has 3 aromatic heterocycles. The zero-order chi connectivity index (χ0) is 24.2. The number of amides is 1. The molecule has 2 N–H and O–H groups in total. The molecule has 2 aliphatic heterocycles. The minimum absolute atomic E-state index is 0.253. The van der Waals surface area contributed by atoms with Crippen LogP contribution < -0.4 is 20.8 Å². The number of anilines is 1. The van der Waals surface area contributed by atoms with Gasteiger partial charge in [-0.1, -0.05) is 0 Å². The van der Waals surface area contributed by atoms with Gasteiger partial charge in [0, 0.05) is 67.5 Å². The molecular weight excluding hydrogens is 442 g/mol. The molecule has 0 radical (unpaired) electrons. The van der Waals surface area contributed by atoms with Crippen molar-refractivity contribution in [3.63, 3.8) is 0 Å². The molecule has 35 heavy (non-hydrogen) atoms. The summed E-state index contributed by atoms with van der Waals surface area (Å²) in [5, 5.41) is 6.55. The smallest absolute Gasteiger partial charge is 0.410 e. The molecular formula is C26H31N7O2. The summed E-state index contributed by atoms with van der Waals surface area (Å²) < 4.78 is 5.59. The van der Waals surface area contributed by atoms with Gasteiger partial charge in [-0.15, -0.1) is 0 Å². The van der Waals surface area contributed by atoms with E-state index in [0.29, 0.717) is 37.9 Å². The van der Waals surface area contributed by atoms with Gasteiger partial charge < -0.3 is 24.8 Å². The third-order valence-electron chi connectivity index (χ3n) is 6.77. The Morgan fingerprint density at radius 1 is 1.11 bits per heavy atom. The number of piperazine rings is 1. The van der Waals surface area contributed by atoms with Gasteiger partial charge in [0.25, 0.3) is 0 Å². The number of aromatic amines is 1.